The van der Waals surface area contributed by atoms with Gasteiger partial charge in [-0.2, -0.15) is 4.31 Å². The van der Waals surface area contributed by atoms with E-state index in [-0.39, 0.29) is 10.8 Å². The molecule has 0 unspecified atom stereocenters. The third kappa shape index (κ3) is 5.43. The Bertz CT molecular complexity index is 1180. The summed E-state index contributed by atoms with van der Waals surface area (Å²) in [7, 11) is -3.62. The molecule has 0 aliphatic heterocycles. The monoisotopic (exact) mass is 471 g/mol. The van der Waals surface area contributed by atoms with E-state index in [4.69, 9.17) is 0 Å². The fraction of sp³-hybridized carbons (Fsp3) is 0.333. The Hall–Kier alpha value is -2.55. The molecule has 0 spiro atoms. The molecule has 3 aromatic rings. The van der Waals surface area contributed by atoms with Crippen LogP contribution in [0, 0.1) is 13.8 Å². The maximum Gasteiger partial charge on any atom is 0.251 e. The number of aryl methyl sites for hydroxylation is 2. The molecule has 0 bridgehead atoms. The molecule has 32 heavy (non-hydrogen) atoms. The SMILES string of the molecule is CCN(CC)S(=O)(=O)c1ccc(C)c(C(=O)NCCc2csc(-c3ccc(C)cc3)n2)c1. The predicted octanol–water partition coefficient (Wildman–Crippen LogP) is 4.43. The minimum absolute atomic E-state index is 0.138. The Kier molecular flexibility index (Phi) is 7.82. The lowest BCUT2D eigenvalue weighted by Crippen LogP contribution is -2.31. The van der Waals surface area contributed by atoms with Crippen LogP contribution in [0.5, 0.6) is 0 Å². The van der Waals surface area contributed by atoms with Crippen molar-refractivity contribution >= 4 is 27.3 Å². The van der Waals surface area contributed by atoms with Gasteiger partial charge in [-0.25, -0.2) is 13.4 Å². The predicted molar refractivity (Wildman–Crippen MR) is 130 cm³/mol. The molecule has 0 atom stereocenters. The summed E-state index contributed by atoms with van der Waals surface area (Å²) in [5, 5.41) is 5.86. The standard InChI is InChI=1S/C24H29N3O3S2/c1-5-27(6-2)32(29,30)21-12-9-18(4)22(15-21)23(28)25-14-13-20-16-31-24(26-20)19-10-7-17(3)8-11-19/h7-12,15-16H,5-6,13-14H2,1-4H3,(H,25,28). The number of sulfonamides is 1. The van der Waals surface area contributed by atoms with Crippen LogP contribution in [0.1, 0.15) is 41.0 Å². The van der Waals surface area contributed by atoms with Gasteiger partial charge < -0.3 is 5.32 Å². The second-order valence-corrected chi connectivity index (χ2v) is 10.4. The number of aromatic nitrogens is 1. The van der Waals surface area contributed by atoms with Gasteiger partial charge in [0, 0.05) is 42.6 Å². The highest BCUT2D eigenvalue weighted by molar-refractivity contribution is 7.89. The van der Waals surface area contributed by atoms with Crippen LogP contribution in [0.4, 0.5) is 0 Å². The number of hydrogen-bond donors (Lipinski definition) is 1. The minimum Gasteiger partial charge on any atom is -0.352 e. The molecule has 1 N–H and O–H groups in total. The molecule has 0 aliphatic rings. The Labute approximate surface area is 194 Å². The highest BCUT2D eigenvalue weighted by atomic mass is 32.2. The number of nitrogens with zero attached hydrogens (tertiary/aromatic N) is 2. The summed E-state index contributed by atoms with van der Waals surface area (Å²) in [6.07, 6.45) is 0.602. The molecule has 1 aromatic heterocycles. The molecule has 6 nitrogen and oxygen atoms in total. The lowest BCUT2D eigenvalue weighted by molar-refractivity contribution is 0.0953. The van der Waals surface area contributed by atoms with Crippen LogP contribution in [0.3, 0.4) is 0 Å². The van der Waals surface area contributed by atoms with Gasteiger partial charge in [-0.05, 0) is 31.5 Å². The van der Waals surface area contributed by atoms with Gasteiger partial charge in [-0.3, -0.25) is 4.79 Å². The molecule has 2 aromatic carbocycles. The third-order valence-corrected chi connectivity index (χ3v) is 8.30. The summed E-state index contributed by atoms with van der Waals surface area (Å²) < 4.78 is 27.0. The van der Waals surface area contributed by atoms with Gasteiger partial charge in [0.2, 0.25) is 10.0 Å². The zero-order valence-electron chi connectivity index (χ0n) is 18.9. The first kappa shape index (κ1) is 24.1. The number of rotatable bonds is 9. The highest BCUT2D eigenvalue weighted by Crippen LogP contribution is 2.24. The lowest BCUT2D eigenvalue weighted by Gasteiger charge is -2.19. The van der Waals surface area contributed by atoms with Gasteiger partial charge in [-0.15, -0.1) is 11.3 Å². The molecule has 0 saturated heterocycles. The second-order valence-electron chi connectivity index (χ2n) is 7.58. The van der Waals surface area contributed by atoms with Gasteiger partial charge in [0.1, 0.15) is 5.01 Å². The van der Waals surface area contributed by atoms with Gasteiger partial charge in [0.05, 0.1) is 10.6 Å². The third-order valence-electron chi connectivity index (χ3n) is 5.31. The van der Waals surface area contributed by atoms with E-state index in [0.717, 1.165) is 21.8 Å². The Morgan fingerprint density at radius 1 is 1.06 bits per heavy atom. The van der Waals surface area contributed by atoms with Gasteiger partial charge in [-0.1, -0.05) is 49.7 Å². The van der Waals surface area contributed by atoms with Crippen molar-refractivity contribution in [3.8, 4) is 10.6 Å². The number of nitrogens with one attached hydrogen (secondary N) is 1. The van der Waals surface area contributed by atoms with Crippen molar-refractivity contribution < 1.29 is 13.2 Å². The number of carbonyl (C=O) groups is 1. The Morgan fingerprint density at radius 3 is 2.41 bits per heavy atom. The van der Waals surface area contributed by atoms with Gasteiger partial charge >= 0.3 is 0 Å². The Balaban J connectivity index is 1.66. The van der Waals surface area contributed by atoms with E-state index in [2.05, 4.69) is 41.5 Å². The molecule has 1 heterocycles. The van der Waals surface area contributed by atoms with E-state index in [1.807, 2.05) is 5.38 Å². The van der Waals surface area contributed by atoms with Crippen LogP contribution >= 0.6 is 11.3 Å². The summed E-state index contributed by atoms with van der Waals surface area (Å²) in [6, 6.07) is 12.9. The lowest BCUT2D eigenvalue weighted by atomic mass is 10.1. The zero-order valence-corrected chi connectivity index (χ0v) is 20.5. The van der Waals surface area contributed by atoms with E-state index in [0.29, 0.717) is 31.6 Å². The molecule has 170 valence electrons. The van der Waals surface area contributed by atoms with E-state index >= 15 is 0 Å². The molecule has 0 fully saturated rings. The fourth-order valence-corrected chi connectivity index (χ4v) is 5.71. The minimum atomic E-state index is -3.62. The number of carbonyl (C=O) groups excluding carboxylic acids is 1. The van der Waals surface area contributed by atoms with Crippen LogP contribution < -0.4 is 5.32 Å². The second kappa shape index (κ2) is 10.4. The van der Waals surface area contributed by atoms with Crippen LogP contribution in [-0.4, -0.2) is 43.2 Å². The summed E-state index contributed by atoms with van der Waals surface area (Å²) >= 11 is 1.58. The zero-order chi connectivity index (χ0) is 23.3. The average Bonchev–Trinajstić information content (AvgIpc) is 3.24. The summed E-state index contributed by atoms with van der Waals surface area (Å²) in [6.45, 7) is 8.63. The average molecular weight is 472 g/mol. The first-order chi connectivity index (χ1) is 15.3. The van der Waals surface area contributed by atoms with E-state index in [9.17, 15) is 13.2 Å². The number of thiazole rings is 1. The fourth-order valence-electron chi connectivity index (χ4n) is 3.37. The summed E-state index contributed by atoms with van der Waals surface area (Å²) in [5.74, 6) is -0.284. The van der Waals surface area contributed by atoms with Gasteiger partial charge in [0.15, 0.2) is 0 Å². The maximum absolute atomic E-state index is 12.8. The van der Waals surface area contributed by atoms with E-state index in [1.54, 1.807) is 44.2 Å². The van der Waals surface area contributed by atoms with E-state index in [1.165, 1.54) is 15.9 Å². The first-order valence-electron chi connectivity index (χ1n) is 10.7. The topological polar surface area (TPSA) is 79.4 Å². The van der Waals surface area contributed by atoms with Crippen LogP contribution in [0.25, 0.3) is 10.6 Å². The van der Waals surface area contributed by atoms with Crippen molar-refractivity contribution in [1.82, 2.24) is 14.6 Å². The Morgan fingerprint density at radius 2 is 1.75 bits per heavy atom. The van der Waals surface area contributed by atoms with Gasteiger partial charge in [0.25, 0.3) is 5.91 Å². The molecular weight excluding hydrogens is 442 g/mol. The molecule has 0 aliphatic carbocycles. The first-order valence-corrected chi connectivity index (χ1v) is 13.0. The van der Waals surface area contributed by atoms with Crippen molar-refractivity contribution in [3.63, 3.8) is 0 Å². The van der Waals surface area contributed by atoms with Crippen molar-refractivity contribution in [2.24, 2.45) is 0 Å². The molecule has 3 rings (SSSR count). The summed E-state index contributed by atoms with van der Waals surface area (Å²) in [4.78, 5) is 17.6. The maximum atomic E-state index is 12.8. The molecular formula is C24H29N3O3S2. The highest BCUT2D eigenvalue weighted by Gasteiger charge is 2.23. The summed E-state index contributed by atoms with van der Waals surface area (Å²) in [5.41, 5.74) is 4.31. The van der Waals surface area contributed by atoms with Crippen LogP contribution in [-0.2, 0) is 16.4 Å². The smallest absolute Gasteiger partial charge is 0.251 e. The molecule has 8 heteroatoms. The molecule has 0 radical (unpaired) electrons. The normalized spacial score (nSPS) is 11.7. The van der Waals surface area contributed by atoms with Crippen molar-refractivity contribution in [1.29, 1.82) is 0 Å². The van der Waals surface area contributed by atoms with Crippen molar-refractivity contribution in [3.05, 3.63) is 70.2 Å². The number of benzene rings is 2. The van der Waals surface area contributed by atoms with Crippen molar-refractivity contribution in [2.75, 3.05) is 19.6 Å². The molecule has 0 saturated carbocycles. The van der Waals surface area contributed by atoms with Crippen LogP contribution in [0.2, 0.25) is 0 Å². The number of amides is 1. The van der Waals surface area contributed by atoms with E-state index < -0.39 is 10.0 Å². The molecule has 1 amide bonds. The van der Waals surface area contributed by atoms with Crippen molar-refractivity contribution in [2.45, 2.75) is 39.0 Å². The largest absolute Gasteiger partial charge is 0.352 e. The quantitative estimate of drug-likeness (QED) is 0.501. The number of hydrogen-bond acceptors (Lipinski definition) is 5. The van der Waals surface area contributed by atoms with Crippen LogP contribution in [0.15, 0.2) is 52.7 Å².